The van der Waals surface area contributed by atoms with Crippen molar-refractivity contribution >= 4 is 29.2 Å². The molecular weight excluding hydrogens is 398 g/mol. The van der Waals surface area contributed by atoms with Gasteiger partial charge in [-0.1, -0.05) is 44.2 Å². The molecule has 3 rings (SSSR count). The monoisotopic (exact) mass is 427 g/mol. The van der Waals surface area contributed by atoms with E-state index in [1.54, 1.807) is 18.4 Å². The standard InChI is InChI=1S/C23H29N3O3S/c1-4-16(2)17-9-11-18(12-10-17)22(19-7-6-14-30-19)24-20(27)8-5-13-26-21(28)15-25(3)23(26)29/h6-7,9-12,14,16,22H,4-5,8,13,15H2,1-3H3,(H,24,27). The lowest BCUT2D eigenvalue weighted by Crippen LogP contribution is -2.34. The zero-order valence-corrected chi connectivity index (χ0v) is 18.6. The number of thiophene rings is 1. The van der Waals surface area contributed by atoms with E-state index in [2.05, 4.69) is 43.4 Å². The third kappa shape index (κ3) is 5.08. The Hall–Kier alpha value is -2.67. The Bertz CT molecular complexity index is 880. The summed E-state index contributed by atoms with van der Waals surface area (Å²) in [5, 5.41) is 5.13. The van der Waals surface area contributed by atoms with Gasteiger partial charge < -0.3 is 10.2 Å². The lowest BCUT2D eigenvalue weighted by atomic mass is 9.95. The fraction of sp³-hybridized carbons (Fsp3) is 0.435. The number of imide groups is 1. The van der Waals surface area contributed by atoms with Crippen LogP contribution in [-0.4, -0.2) is 47.8 Å². The van der Waals surface area contributed by atoms with Gasteiger partial charge in [-0.05, 0) is 41.3 Å². The molecule has 1 aromatic carbocycles. The van der Waals surface area contributed by atoms with Crippen LogP contribution in [-0.2, 0) is 9.59 Å². The predicted molar refractivity (Wildman–Crippen MR) is 118 cm³/mol. The molecule has 7 heteroatoms. The predicted octanol–water partition coefficient (Wildman–Crippen LogP) is 4.14. The summed E-state index contributed by atoms with van der Waals surface area (Å²) in [6, 6.07) is 12.0. The number of nitrogens with one attached hydrogen (secondary N) is 1. The van der Waals surface area contributed by atoms with Crippen molar-refractivity contribution in [1.82, 2.24) is 15.1 Å². The largest absolute Gasteiger partial charge is 0.344 e. The molecule has 1 aliphatic heterocycles. The quantitative estimate of drug-likeness (QED) is 0.612. The van der Waals surface area contributed by atoms with Crippen LogP contribution in [0.5, 0.6) is 0 Å². The second kappa shape index (κ2) is 9.89. The number of amides is 4. The van der Waals surface area contributed by atoms with Crippen LogP contribution in [0.2, 0.25) is 0 Å². The SMILES string of the molecule is CCC(C)c1ccc(C(NC(=O)CCCN2C(=O)CN(C)C2=O)c2cccs2)cc1. The van der Waals surface area contributed by atoms with Gasteiger partial charge in [0.1, 0.15) is 6.54 Å². The molecule has 160 valence electrons. The van der Waals surface area contributed by atoms with Crippen molar-refractivity contribution in [3.8, 4) is 0 Å². The third-order valence-corrected chi connectivity index (χ3v) is 6.54. The molecule has 6 nitrogen and oxygen atoms in total. The van der Waals surface area contributed by atoms with Crippen molar-refractivity contribution in [3.05, 3.63) is 57.8 Å². The molecule has 1 aliphatic rings. The molecule has 2 aromatic rings. The van der Waals surface area contributed by atoms with Crippen molar-refractivity contribution in [2.45, 2.75) is 45.1 Å². The van der Waals surface area contributed by atoms with Crippen molar-refractivity contribution < 1.29 is 14.4 Å². The highest BCUT2D eigenvalue weighted by Gasteiger charge is 2.33. The van der Waals surface area contributed by atoms with Crippen LogP contribution >= 0.6 is 11.3 Å². The molecule has 4 amide bonds. The summed E-state index contributed by atoms with van der Waals surface area (Å²) in [6.45, 7) is 4.76. The van der Waals surface area contributed by atoms with Gasteiger partial charge in [0.2, 0.25) is 11.8 Å². The number of benzene rings is 1. The van der Waals surface area contributed by atoms with Crippen LogP contribution in [0.3, 0.4) is 0 Å². The van der Waals surface area contributed by atoms with Crippen LogP contribution in [0.25, 0.3) is 0 Å². The average Bonchev–Trinajstić information content (AvgIpc) is 3.36. The van der Waals surface area contributed by atoms with E-state index < -0.39 is 0 Å². The van der Waals surface area contributed by atoms with Gasteiger partial charge in [0.25, 0.3) is 0 Å². The molecule has 0 saturated carbocycles. The summed E-state index contributed by atoms with van der Waals surface area (Å²) >= 11 is 1.61. The number of urea groups is 1. The van der Waals surface area contributed by atoms with Crippen LogP contribution in [0.15, 0.2) is 41.8 Å². The van der Waals surface area contributed by atoms with E-state index in [1.165, 1.54) is 15.4 Å². The molecular formula is C23H29N3O3S. The molecule has 2 heterocycles. The fourth-order valence-electron chi connectivity index (χ4n) is 3.55. The Morgan fingerprint density at radius 3 is 2.43 bits per heavy atom. The molecule has 1 fully saturated rings. The van der Waals surface area contributed by atoms with Crippen LogP contribution in [0, 0.1) is 0 Å². The number of hydrogen-bond donors (Lipinski definition) is 1. The highest BCUT2D eigenvalue weighted by atomic mass is 32.1. The maximum Gasteiger partial charge on any atom is 0.326 e. The van der Waals surface area contributed by atoms with Gasteiger partial charge in [0, 0.05) is 24.9 Å². The van der Waals surface area contributed by atoms with Crippen molar-refractivity contribution in [1.29, 1.82) is 0 Å². The van der Waals surface area contributed by atoms with Gasteiger partial charge in [0.15, 0.2) is 0 Å². The molecule has 1 saturated heterocycles. The maximum atomic E-state index is 12.6. The highest BCUT2D eigenvalue weighted by Crippen LogP contribution is 2.28. The number of carbonyl (C=O) groups excluding carboxylic acids is 3. The van der Waals surface area contributed by atoms with E-state index in [9.17, 15) is 14.4 Å². The van der Waals surface area contributed by atoms with Crippen molar-refractivity contribution in [3.63, 3.8) is 0 Å². The smallest absolute Gasteiger partial charge is 0.326 e. The summed E-state index contributed by atoms with van der Waals surface area (Å²) in [5.41, 5.74) is 2.34. The Kier molecular flexibility index (Phi) is 7.26. The summed E-state index contributed by atoms with van der Waals surface area (Å²) < 4.78 is 0. The van der Waals surface area contributed by atoms with Crippen molar-refractivity contribution in [2.75, 3.05) is 20.1 Å². The molecule has 30 heavy (non-hydrogen) atoms. The Balaban J connectivity index is 1.62. The first-order valence-corrected chi connectivity index (χ1v) is 11.3. The number of hydrogen-bond acceptors (Lipinski definition) is 4. The molecule has 1 aromatic heterocycles. The summed E-state index contributed by atoms with van der Waals surface area (Å²) in [5.74, 6) is 0.205. The van der Waals surface area contributed by atoms with Gasteiger partial charge in [-0.25, -0.2) is 4.79 Å². The van der Waals surface area contributed by atoms with Gasteiger partial charge in [0.05, 0.1) is 6.04 Å². The molecule has 0 bridgehead atoms. The van der Waals surface area contributed by atoms with Gasteiger partial charge in [-0.15, -0.1) is 11.3 Å². The first-order valence-electron chi connectivity index (χ1n) is 10.4. The summed E-state index contributed by atoms with van der Waals surface area (Å²) in [7, 11) is 1.60. The van der Waals surface area contributed by atoms with E-state index in [1.807, 2.05) is 17.5 Å². The van der Waals surface area contributed by atoms with Crippen LogP contribution < -0.4 is 5.32 Å². The molecule has 2 unspecified atom stereocenters. The average molecular weight is 428 g/mol. The number of likely N-dealkylation sites (N-methyl/N-ethyl adjacent to an activating group) is 1. The highest BCUT2D eigenvalue weighted by molar-refractivity contribution is 7.10. The van der Waals surface area contributed by atoms with E-state index >= 15 is 0 Å². The minimum Gasteiger partial charge on any atom is -0.344 e. The Morgan fingerprint density at radius 2 is 1.87 bits per heavy atom. The maximum absolute atomic E-state index is 12.6. The Labute approximate surface area is 181 Å². The topological polar surface area (TPSA) is 69.7 Å². The molecule has 0 aliphatic carbocycles. The first kappa shape index (κ1) is 22.0. The Morgan fingerprint density at radius 1 is 1.17 bits per heavy atom. The zero-order chi connectivity index (χ0) is 21.7. The summed E-state index contributed by atoms with van der Waals surface area (Å²) in [4.78, 5) is 40.1. The second-order valence-corrected chi connectivity index (χ2v) is 8.76. The van der Waals surface area contributed by atoms with Gasteiger partial charge in [-0.3, -0.25) is 14.5 Å². The second-order valence-electron chi connectivity index (χ2n) is 7.78. The number of rotatable bonds is 9. The van der Waals surface area contributed by atoms with E-state index in [4.69, 9.17) is 0 Å². The fourth-order valence-corrected chi connectivity index (χ4v) is 4.35. The zero-order valence-electron chi connectivity index (χ0n) is 17.8. The summed E-state index contributed by atoms with van der Waals surface area (Å²) in [6.07, 6.45) is 1.79. The lowest BCUT2D eigenvalue weighted by Gasteiger charge is -2.20. The lowest BCUT2D eigenvalue weighted by molar-refractivity contribution is -0.126. The van der Waals surface area contributed by atoms with Crippen LogP contribution in [0.4, 0.5) is 4.79 Å². The normalized spacial score (nSPS) is 16.1. The molecule has 1 N–H and O–H groups in total. The molecule has 0 spiro atoms. The number of carbonyl (C=O) groups is 3. The minimum absolute atomic E-state index is 0.0909. The first-order chi connectivity index (χ1) is 14.4. The minimum atomic E-state index is -0.293. The number of nitrogens with zero attached hydrogens (tertiary/aromatic N) is 2. The van der Waals surface area contributed by atoms with E-state index in [0.717, 1.165) is 16.9 Å². The van der Waals surface area contributed by atoms with Gasteiger partial charge in [-0.2, -0.15) is 0 Å². The van der Waals surface area contributed by atoms with Crippen molar-refractivity contribution in [2.24, 2.45) is 0 Å². The van der Waals surface area contributed by atoms with E-state index in [0.29, 0.717) is 12.3 Å². The van der Waals surface area contributed by atoms with Gasteiger partial charge >= 0.3 is 6.03 Å². The molecule has 0 radical (unpaired) electrons. The molecule has 2 atom stereocenters. The third-order valence-electron chi connectivity index (χ3n) is 5.60. The van der Waals surface area contributed by atoms with Crippen LogP contribution in [0.1, 0.15) is 61.1 Å². The van der Waals surface area contributed by atoms with E-state index in [-0.39, 0.29) is 43.4 Å².